The number of rotatable bonds is 7. The second-order valence-electron chi connectivity index (χ2n) is 4.75. The molecule has 0 fully saturated rings. The fraction of sp³-hybridized carbons (Fsp3) is 0.235. The van der Waals surface area contributed by atoms with Crippen LogP contribution in [0.25, 0.3) is 0 Å². The van der Waals surface area contributed by atoms with Gasteiger partial charge in [0.25, 0.3) is 0 Å². The van der Waals surface area contributed by atoms with Crippen LogP contribution in [0.2, 0.25) is 0 Å². The molecule has 0 aliphatic carbocycles. The van der Waals surface area contributed by atoms with Gasteiger partial charge in [0.05, 0.1) is 0 Å². The third-order valence-corrected chi connectivity index (χ3v) is 4.77. The molecule has 0 spiro atoms. The second-order valence-corrected chi connectivity index (χ2v) is 6.62. The molecule has 1 unspecified atom stereocenters. The van der Waals surface area contributed by atoms with Crippen molar-refractivity contribution in [3.8, 4) is 5.75 Å². The quantitative estimate of drug-likeness (QED) is 0.425. The Morgan fingerprint density at radius 2 is 1.64 bits per heavy atom. The molecule has 0 aliphatic heterocycles. The van der Waals surface area contributed by atoms with Crippen molar-refractivity contribution in [2.75, 3.05) is 13.2 Å². The fourth-order valence-electron chi connectivity index (χ4n) is 1.96. The van der Waals surface area contributed by atoms with Gasteiger partial charge in [0, 0.05) is 17.5 Å². The molecule has 2 aromatic rings. The Morgan fingerprint density at radius 1 is 1.04 bits per heavy atom. The number of halogens is 3. The van der Waals surface area contributed by atoms with Crippen molar-refractivity contribution in [2.24, 2.45) is 0 Å². The van der Waals surface area contributed by atoms with E-state index in [0.29, 0.717) is 11.3 Å². The maximum atomic E-state index is 13.0. The number of ketones is 1. The number of benzene rings is 2. The predicted octanol–water partition coefficient (Wildman–Crippen LogP) is 3.88. The molecule has 8 heteroatoms. The van der Waals surface area contributed by atoms with Crippen LogP contribution in [-0.4, -0.2) is 43.8 Å². The molecule has 2 rings (SSSR count). The molecule has 25 heavy (non-hydrogen) atoms. The first-order valence-corrected chi connectivity index (χ1v) is 8.48. The van der Waals surface area contributed by atoms with Gasteiger partial charge < -0.3 is 9.26 Å². The molecule has 0 amide bonds. The monoisotopic (exact) mass is 364 g/mol. The van der Waals surface area contributed by atoms with Gasteiger partial charge in [-0.25, -0.2) is 0 Å². The molecule has 0 aromatic heterocycles. The van der Waals surface area contributed by atoms with E-state index in [1.54, 1.807) is 30.3 Å². The van der Waals surface area contributed by atoms with Gasteiger partial charge in [0.1, 0.15) is 5.75 Å². The standard InChI is InChI=1S/C17H16F3O3P.Li.H/c1-2-23-24(17(18,19)20)15-10-8-14(9-11-15)22-12-16(21)13-6-4-3-5-7-13;;/h3-11H,2,12H2,1H3;;. The molecule has 1 atom stereocenters. The van der Waals surface area contributed by atoms with E-state index < -0.39 is 14.1 Å². The van der Waals surface area contributed by atoms with Crippen molar-refractivity contribution in [3.63, 3.8) is 0 Å². The van der Waals surface area contributed by atoms with Crippen LogP contribution in [0.5, 0.6) is 5.75 Å². The Bertz CT molecular complexity index is 663. The van der Waals surface area contributed by atoms with E-state index in [4.69, 9.17) is 9.26 Å². The van der Waals surface area contributed by atoms with Crippen molar-refractivity contribution in [3.05, 3.63) is 60.2 Å². The molecule has 2 aromatic carbocycles. The van der Waals surface area contributed by atoms with Crippen LogP contribution in [0.4, 0.5) is 13.2 Å². The molecule has 0 N–H and O–H groups in total. The molecular formula is C17H17F3LiO3P. The van der Waals surface area contributed by atoms with Crippen molar-refractivity contribution in [1.82, 2.24) is 0 Å². The van der Waals surface area contributed by atoms with Crippen molar-refractivity contribution < 1.29 is 27.2 Å². The van der Waals surface area contributed by atoms with Crippen LogP contribution in [0.15, 0.2) is 54.6 Å². The molecule has 0 bridgehead atoms. The first kappa shape index (κ1) is 21.7. The molecule has 0 aliphatic rings. The zero-order valence-corrected chi connectivity index (χ0v) is 13.8. The first-order valence-electron chi connectivity index (χ1n) is 7.23. The summed E-state index contributed by atoms with van der Waals surface area (Å²) in [4.78, 5) is 11.9. The average Bonchev–Trinajstić information content (AvgIpc) is 2.58. The van der Waals surface area contributed by atoms with Gasteiger partial charge in [0.2, 0.25) is 0 Å². The predicted molar refractivity (Wildman–Crippen MR) is 94.1 cm³/mol. The summed E-state index contributed by atoms with van der Waals surface area (Å²) >= 11 is 0. The summed E-state index contributed by atoms with van der Waals surface area (Å²) in [6, 6.07) is 14.1. The molecule has 3 nitrogen and oxygen atoms in total. The zero-order valence-electron chi connectivity index (χ0n) is 12.9. The van der Waals surface area contributed by atoms with Gasteiger partial charge >= 0.3 is 24.8 Å². The minimum absolute atomic E-state index is 0. The third kappa shape index (κ3) is 6.49. The number of hydrogen-bond donors (Lipinski definition) is 0. The molecule has 130 valence electrons. The summed E-state index contributed by atoms with van der Waals surface area (Å²) in [6.07, 6.45) is 0. The summed E-state index contributed by atoms with van der Waals surface area (Å²) in [5.41, 5.74) is 0.519. The van der Waals surface area contributed by atoms with Gasteiger partial charge in [0.15, 0.2) is 20.5 Å². The normalized spacial score (nSPS) is 12.2. The Kier molecular flexibility index (Phi) is 8.68. The molecular weight excluding hydrogens is 347 g/mol. The van der Waals surface area contributed by atoms with Crippen molar-refractivity contribution in [1.29, 1.82) is 0 Å². The Balaban J connectivity index is 0.00000312. The molecule has 0 saturated heterocycles. The average molecular weight is 364 g/mol. The number of carbonyl (C=O) groups excluding carboxylic acids is 1. The van der Waals surface area contributed by atoms with Crippen molar-refractivity contribution in [2.45, 2.75) is 12.8 Å². The van der Waals surface area contributed by atoms with E-state index in [9.17, 15) is 18.0 Å². The summed E-state index contributed by atoms with van der Waals surface area (Å²) in [5.74, 6) is -4.29. The maximum absolute atomic E-state index is 13.0. The zero-order chi connectivity index (χ0) is 17.6. The van der Waals surface area contributed by atoms with Crippen LogP contribution in [0.1, 0.15) is 17.3 Å². The van der Waals surface area contributed by atoms with Gasteiger partial charge in [-0.2, -0.15) is 13.2 Å². The second kappa shape index (κ2) is 9.99. The summed E-state index contributed by atoms with van der Waals surface area (Å²) in [7, 11) is -2.69. The van der Waals surface area contributed by atoms with Crippen molar-refractivity contribution >= 4 is 38.1 Å². The van der Waals surface area contributed by atoms with Gasteiger partial charge in [-0.3, -0.25) is 4.79 Å². The molecule has 0 heterocycles. The van der Waals surface area contributed by atoms with E-state index in [2.05, 4.69) is 0 Å². The molecule has 0 saturated carbocycles. The number of ether oxygens (including phenoxy) is 1. The van der Waals surface area contributed by atoms with Gasteiger partial charge in [-0.05, 0) is 31.2 Å². The Hall–Kier alpha value is -1.31. The number of alkyl halides is 3. The van der Waals surface area contributed by atoms with E-state index in [1.165, 1.54) is 31.2 Å². The topological polar surface area (TPSA) is 35.5 Å². The first-order chi connectivity index (χ1) is 11.4. The van der Waals surface area contributed by atoms with Gasteiger partial charge in [-0.1, -0.05) is 30.3 Å². The van der Waals surface area contributed by atoms with E-state index in [0.717, 1.165) is 0 Å². The van der Waals surface area contributed by atoms with Crippen LogP contribution in [0, 0.1) is 0 Å². The van der Waals surface area contributed by atoms with Crippen LogP contribution in [0.3, 0.4) is 0 Å². The summed E-state index contributed by atoms with van der Waals surface area (Å²) < 4.78 is 49.1. The number of hydrogen-bond acceptors (Lipinski definition) is 3. The van der Waals surface area contributed by atoms with Crippen LogP contribution in [-0.2, 0) is 4.52 Å². The minimum atomic E-state index is -4.42. The fourth-order valence-corrected chi connectivity index (χ4v) is 3.22. The van der Waals surface area contributed by atoms with Crippen LogP contribution < -0.4 is 10.0 Å². The van der Waals surface area contributed by atoms with Gasteiger partial charge in [-0.15, -0.1) is 0 Å². The number of Topliss-reactive ketones (excluding diaryl/α,β-unsaturated/α-hetero) is 1. The Morgan fingerprint density at radius 3 is 2.16 bits per heavy atom. The summed E-state index contributed by atoms with van der Waals surface area (Å²) in [6.45, 7) is 1.33. The third-order valence-electron chi connectivity index (χ3n) is 3.03. The van der Waals surface area contributed by atoms with Crippen LogP contribution >= 0.6 is 8.15 Å². The van der Waals surface area contributed by atoms with E-state index >= 15 is 0 Å². The SMILES string of the molecule is CCOP(c1ccc(OCC(=O)c2ccccc2)cc1)C(F)(F)F.[LiH]. The van der Waals surface area contributed by atoms with E-state index in [1.807, 2.05) is 0 Å². The Labute approximate surface area is 157 Å². The van der Waals surface area contributed by atoms with E-state index in [-0.39, 0.29) is 43.2 Å². The summed E-state index contributed by atoms with van der Waals surface area (Å²) in [5, 5.41) is 0.0566. The molecule has 0 radical (unpaired) electrons. The number of carbonyl (C=O) groups is 1.